The molecule has 2 aliphatic heterocycles. The van der Waals surface area contributed by atoms with Crippen molar-refractivity contribution in [2.45, 2.75) is 45.6 Å². The van der Waals surface area contributed by atoms with Crippen LogP contribution in [0, 0.1) is 17.8 Å². The molecule has 0 spiro atoms. The molecule has 0 aromatic carbocycles. The summed E-state index contributed by atoms with van der Waals surface area (Å²) < 4.78 is 5.47. The van der Waals surface area contributed by atoms with Crippen LogP contribution in [0.25, 0.3) is 0 Å². The standard InChI is InChI=1S/C16H26N2O3/c1-16(2,3)21-15(20)18-9-11-6-12(10-18)8-17(7-11)14(19)13-4-5-13/h11-13H,4-10H2,1-3H3/t11-,12+. The Labute approximate surface area is 126 Å². The lowest BCUT2D eigenvalue weighted by molar-refractivity contribution is -0.136. The summed E-state index contributed by atoms with van der Waals surface area (Å²) in [6, 6.07) is 0. The Hall–Kier alpha value is -1.26. The first-order chi connectivity index (χ1) is 9.82. The van der Waals surface area contributed by atoms with E-state index in [9.17, 15) is 9.59 Å². The van der Waals surface area contributed by atoms with Crippen molar-refractivity contribution in [2.24, 2.45) is 17.8 Å². The van der Waals surface area contributed by atoms with Crippen LogP contribution in [-0.2, 0) is 9.53 Å². The van der Waals surface area contributed by atoms with Crippen LogP contribution < -0.4 is 0 Å². The Morgan fingerprint density at radius 3 is 1.95 bits per heavy atom. The first kappa shape index (κ1) is 14.7. The molecule has 2 heterocycles. The maximum atomic E-state index is 12.2. The molecule has 0 aromatic heterocycles. The number of hydrogen-bond donors (Lipinski definition) is 0. The van der Waals surface area contributed by atoms with Crippen LogP contribution in [-0.4, -0.2) is 53.6 Å². The van der Waals surface area contributed by atoms with E-state index in [-0.39, 0.29) is 6.09 Å². The fourth-order valence-corrected chi connectivity index (χ4v) is 3.52. The molecular weight excluding hydrogens is 268 g/mol. The fraction of sp³-hybridized carbons (Fsp3) is 0.875. The minimum absolute atomic E-state index is 0.209. The molecule has 5 nitrogen and oxygen atoms in total. The second kappa shape index (κ2) is 5.18. The first-order valence-corrected chi connectivity index (χ1v) is 8.08. The number of fused-ring (bicyclic) bond motifs is 2. The average Bonchev–Trinajstić information content (AvgIpc) is 3.18. The molecule has 118 valence electrons. The van der Waals surface area contributed by atoms with Crippen LogP contribution in [0.2, 0.25) is 0 Å². The summed E-state index contributed by atoms with van der Waals surface area (Å²) in [7, 11) is 0. The normalized spacial score (nSPS) is 29.3. The Balaban J connectivity index is 1.58. The Bertz CT molecular complexity index is 425. The SMILES string of the molecule is CC(C)(C)OC(=O)N1C[C@H]2C[C@@H](C1)CN(C(=O)C1CC1)C2. The fourth-order valence-electron chi connectivity index (χ4n) is 3.52. The first-order valence-electron chi connectivity index (χ1n) is 8.08. The summed E-state index contributed by atoms with van der Waals surface area (Å²) >= 11 is 0. The van der Waals surface area contributed by atoms with Crippen molar-refractivity contribution in [3.05, 3.63) is 0 Å². The molecule has 3 fully saturated rings. The third-order valence-electron chi connectivity index (χ3n) is 4.47. The molecule has 3 rings (SSSR count). The third-order valence-corrected chi connectivity index (χ3v) is 4.47. The average molecular weight is 294 g/mol. The topological polar surface area (TPSA) is 49.9 Å². The van der Waals surface area contributed by atoms with E-state index < -0.39 is 5.60 Å². The predicted octanol–water partition coefficient (Wildman–Crippen LogP) is 2.11. The van der Waals surface area contributed by atoms with Crippen molar-refractivity contribution in [3.8, 4) is 0 Å². The highest BCUT2D eigenvalue weighted by molar-refractivity contribution is 5.81. The van der Waals surface area contributed by atoms with Crippen molar-refractivity contribution in [3.63, 3.8) is 0 Å². The molecule has 1 aliphatic carbocycles. The van der Waals surface area contributed by atoms with Crippen LogP contribution in [0.5, 0.6) is 0 Å². The van der Waals surface area contributed by atoms with Crippen LogP contribution in [0.4, 0.5) is 4.79 Å². The predicted molar refractivity (Wildman–Crippen MR) is 78.7 cm³/mol. The van der Waals surface area contributed by atoms with E-state index in [1.165, 1.54) is 0 Å². The minimum Gasteiger partial charge on any atom is -0.444 e. The number of likely N-dealkylation sites (tertiary alicyclic amines) is 2. The van der Waals surface area contributed by atoms with Gasteiger partial charge in [-0.15, -0.1) is 0 Å². The van der Waals surface area contributed by atoms with Gasteiger partial charge in [-0.05, 0) is 51.9 Å². The van der Waals surface area contributed by atoms with Gasteiger partial charge in [-0.1, -0.05) is 0 Å². The van der Waals surface area contributed by atoms with Gasteiger partial charge in [-0.3, -0.25) is 4.79 Å². The molecule has 3 aliphatic rings. The zero-order valence-corrected chi connectivity index (χ0v) is 13.3. The summed E-state index contributed by atoms with van der Waals surface area (Å²) in [5.74, 6) is 1.46. The highest BCUT2D eigenvalue weighted by atomic mass is 16.6. The quantitative estimate of drug-likeness (QED) is 0.744. The number of amides is 2. The number of rotatable bonds is 1. The van der Waals surface area contributed by atoms with Crippen molar-refractivity contribution < 1.29 is 14.3 Å². The second-order valence-electron chi connectivity index (χ2n) is 7.87. The van der Waals surface area contributed by atoms with Gasteiger partial charge in [0.25, 0.3) is 0 Å². The highest BCUT2D eigenvalue weighted by Gasteiger charge is 2.41. The molecule has 2 bridgehead atoms. The summed E-state index contributed by atoms with van der Waals surface area (Å²) in [5.41, 5.74) is -0.447. The van der Waals surface area contributed by atoms with Gasteiger partial charge in [0, 0.05) is 32.1 Å². The highest BCUT2D eigenvalue weighted by Crippen LogP contribution is 2.35. The van der Waals surface area contributed by atoms with Gasteiger partial charge in [-0.25, -0.2) is 4.79 Å². The van der Waals surface area contributed by atoms with Crippen LogP contribution in [0.3, 0.4) is 0 Å². The van der Waals surface area contributed by atoms with Gasteiger partial charge in [-0.2, -0.15) is 0 Å². The Kier molecular flexibility index (Phi) is 3.62. The lowest BCUT2D eigenvalue weighted by Gasteiger charge is -2.45. The summed E-state index contributed by atoms with van der Waals surface area (Å²) in [6.07, 6.45) is 3.05. The van der Waals surface area contributed by atoms with Gasteiger partial charge in [0.1, 0.15) is 5.60 Å². The molecule has 0 N–H and O–H groups in total. The molecule has 2 amide bonds. The van der Waals surface area contributed by atoms with E-state index in [2.05, 4.69) is 0 Å². The van der Waals surface area contributed by atoms with E-state index in [1.807, 2.05) is 30.6 Å². The number of nitrogens with zero attached hydrogens (tertiary/aromatic N) is 2. The Morgan fingerprint density at radius 2 is 1.48 bits per heavy atom. The van der Waals surface area contributed by atoms with Crippen LogP contribution in [0.15, 0.2) is 0 Å². The molecule has 2 saturated heterocycles. The maximum Gasteiger partial charge on any atom is 0.410 e. The smallest absolute Gasteiger partial charge is 0.410 e. The van der Waals surface area contributed by atoms with Gasteiger partial charge in [0.2, 0.25) is 5.91 Å². The van der Waals surface area contributed by atoms with Gasteiger partial charge >= 0.3 is 6.09 Å². The molecule has 2 atom stereocenters. The van der Waals surface area contributed by atoms with Crippen LogP contribution in [0.1, 0.15) is 40.0 Å². The van der Waals surface area contributed by atoms with E-state index >= 15 is 0 Å². The summed E-state index contributed by atoms with van der Waals surface area (Å²) in [5, 5.41) is 0. The van der Waals surface area contributed by atoms with Crippen molar-refractivity contribution in [2.75, 3.05) is 26.2 Å². The molecule has 0 aromatic rings. The Morgan fingerprint density at radius 1 is 0.952 bits per heavy atom. The largest absolute Gasteiger partial charge is 0.444 e. The zero-order chi connectivity index (χ0) is 15.2. The third kappa shape index (κ3) is 3.50. The van der Waals surface area contributed by atoms with E-state index in [4.69, 9.17) is 4.74 Å². The summed E-state index contributed by atoms with van der Waals surface area (Å²) in [6.45, 7) is 8.75. The van der Waals surface area contributed by atoms with Gasteiger partial charge < -0.3 is 14.5 Å². The monoisotopic (exact) mass is 294 g/mol. The minimum atomic E-state index is -0.447. The lowest BCUT2D eigenvalue weighted by Crippen LogP contribution is -2.56. The number of piperidine rings is 2. The number of ether oxygens (including phenoxy) is 1. The molecule has 5 heteroatoms. The molecule has 21 heavy (non-hydrogen) atoms. The lowest BCUT2D eigenvalue weighted by atomic mass is 9.84. The van der Waals surface area contributed by atoms with E-state index in [0.29, 0.717) is 23.7 Å². The molecular formula is C16H26N2O3. The summed E-state index contributed by atoms with van der Waals surface area (Å²) in [4.78, 5) is 28.3. The van der Waals surface area contributed by atoms with Gasteiger partial charge in [0.15, 0.2) is 0 Å². The van der Waals surface area contributed by atoms with Crippen LogP contribution >= 0.6 is 0 Å². The number of carbonyl (C=O) groups is 2. The van der Waals surface area contributed by atoms with E-state index in [0.717, 1.165) is 45.4 Å². The van der Waals surface area contributed by atoms with Crippen molar-refractivity contribution >= 4 is 12.0 Å². The second-order valence-corrected chi connectivity index (χ2v) is 7.87. The van der Waals surface area contributed by atoms with Crippen molar-refractivity contribution in [1.82, 2.24) is 9.80 Å². The van der Waals surface area contributed by atoms with Gasteiger partial charge in [0.05, 0.1) is 0 Å². The van der Waals surface area contributed by atoms with Crippen molar-refractivity contribution in [1.29, 1.82) is 0 Å². The van der Waals surface area contributed by atoms with E-state index in [1.54, 1.807) is 0 Å². The number of hydrogen-bond acceptors (Lipinski definition) is 3. The zero-order valence-electron chi connectivity index (χ0n) is 13.3. The molecule has 0 radical (unpaired) electrons. The number of carbonyl (C=O) groups excluding carboxylic acids is 2. The molecule has 1 saturated carbocycles. The maximum absolute atomic E-state index is 12.2. The molecule has 0 unspecified atom stereocenters.